The molecule has 12 heavy (non-hydrogen) atoms. The summed E-state index contributed by atoms with van der Waals surface area (Å²) >= 11 is 0. The predicted molar refractivity (Wildman–Crippen MR) is 45.6 cm³/mol. The molecule has 0 radical (unpaired) electrons. The van der Waals surface area contributed by atoms with Gasteiger partial charge in [0.15, 0.2) is 0 Å². The number of nitrogens with two attached hydrogens (primary N) is 1. The molecule has 0 unspecified atom stereocenters. The van der Waals surface area contributed by atoms with Crippen molar-refractivity contribution in [3.8, 4) is 0 Å². The van der Waals surface area contributed by atoms with Gasteiger partial charge in [-0.3, -0.25) is 9.48 Å². The van der Waals surface area contributed by atoms with E-state index in [0.29, 0.717) is 0 Å². The molecule has 0 aliphatic carbocycles. The number of amides is 1. The first kappa shape index (κ1) is 8.77. The fourth-order valence-electron chi connectivity index (χ4n) is 1.16. The second kappa shape index (κ2) is 2.97. The zero-order valence-corrected chi connectivity index (χ0v) is 7.53. The summed E-state index contributed by atoms with van der Waals surface area (Å²) in [6.07, 6.45) is 0. The fourth-order valence-corrected chi connectivity index (χ4v) is 1.16. The maximum atomic E-state index is 10.8. The zero-order valence-electron chi connectivity index (χ0n) is 7.53. The highest BCUT2D eigenvalue weighted by atomic mass is 16.1. The molecule has 1 rings (SSSR count). The molecule has 0 saturated heterocycles. The Kier molecular flexibility index (Phi) is 2.17. The Bertz CT molecular complexity index is 303. The number of aromatic nitrogens is 2. The molecule has 1 aromatic rings. The van der Waals surface area contributed by atoms with Crippen LogP contribution in [-0.2, 0) is 4.79 Å². The minimum atomic E-state index is -0.362. The van der Waals surface area contributed by atoms with Crippen LogP contribution >= 0.6 is 0 Å². The fraction of sp³-hybridized carbons (Fsp3) is 0.500. The number of aryl methyl sites for hydroxylation is 2. The summed E-state index contributed by atoms with van der Waals surface area (Å²) < 4.78 is 1.64. The Hall–Kier alpha value is -1.32. The number of nitrogens with zero attached hydrogens (tertiary/aromatic N) is 2. The van der Waals surface area contributed by atoms with Crippen molar-refractivity contribution in [1.82, 2.24) is 9.78 Å². The van der Waals surface area contributed by atoms with Crippen molar-refractivity contribution in [1.29, 1.82) is 0 Å². The molecule has 0 saturated carbocycles. The van der Waals surface area contributed by atoms with Crippen LogP contribution in [0.25, 0.3) is 0 Å². The minimum Gasteiger partial charge on any atom is -0.368 e. The highest BCUT2D eigenvalue weighted by molar-refractivity contribution is 5.77. The molecule has 1 aromatic heterocycles. The van der Waals surface area contributed by atoms with Crippen molar-refractivity contribution >= 4 is 5.91 Å². The van der Waals surface area contributed by atoms with Gasteiger partial charge < -0.3 is 5.73 Å². The smallest absolute Gasteiger partial charge is 0.242 e. The van der Waals surface area contributed by atoms with E-state index in [-0.39, 0.29) is 11.9 Å². The second-order valence-corrected chi connectivity index (χ2v) is 2.95. The molecule has 66 valence electrons. The average Bonchev–Trinajstić information content (AvgIpc) is 2.28. The zero-order chi connectivity index (χ0) is 9.30. The van der Waals surface area contributed by atoms with Crippen LogP contribution in [0.3, 0.4) is 0 Å². The Morgan fingerprint density at radius 2 is 2.25 bits per heavy atom. The van der Waals surface area contributed by atoms with Gasteiger partial charge in [0.2, 0.25) is 5.91 Å². The van der Waals surface area contributed by atoms with Crippen LogP contribution in [-0.4, -0.2) is 15.7 Å². The Morgan fingerprint density at radius 1 is 1.67 bits per heavy atom. The van der Waals surface area contributed by atoms with Gasteiger partial charge in [0.1, 0.15) is 6.04 Å². The van der Waals surface area contributed by atoms with Crippen LogP contribution in [0.2, 0.25) is 0 Å². The van der Waals surface area contributed by atoms with Gasteiger partial charge in [-0.2, -0.15) is 5.10 Å². The molecule has 4 nitrogen and oxygen atoms in total. The quantitative estimate of drug-likeness (QED) is 0.699. The second-order valence-electron chi connectivity index (χ2n) is 2.95. The van der Waals surface area contributed by atoms with E-state index in [1.165, 1.54) is 0 Å². The van der Waals surface area contributed by atoms with Gasteiger partial charge in [-0.15, -0.1) is 0 Å². The predicted octanol–water partition coefficient (Wildman–Crippen LogP) is 0.546. The summed E-state index contributed by atoms with van der Waals surface area (Å²) in [4.78, 5) is 10.8. The molecule has 4 heteroatoms. The third kappa shape index (κ3) is 1.47. The molecule has 0 aliphatic rings. The van der Waals surface area contributed by atoms with Crippen LogP contribution in [0, 0.1) is 13.8 Å². The lowest BCUT2D eigenvalue weighted by molar-refractivity contribution is -0.121. The third-order valence-electron chi connectivity index (χ3n) is 1.82. The van der Waals surface area contributed by atoms with E-state index >= 15 is 0 Å². The van der Waals surface area contributed by atoms with E-state index in [1.54, 1.807) is 11.6 Å². The van der Waals surface area contributed by atoms with Gasteiger partial charge in [-0.25, -0.2) is 0 Å². The first-order valence-electron chi connectivity index (χ1n) is 3.84. The van der Waals surface area contributed by atoms with E-state index in [0.717, 1.165) is 11.4 Å². The molecule has 2 N–H and O–H groups in total. The summed E-state index contributed by atoms with van der Waals surface area (Å²) in [6, 6.07) is 1.55. The Morgan fingerprint density at radius 3 is 2.58 bits per heavy atom. The number of carbonyl (C=O) groups excluding carboxylic acids is 1. The average molecular weight is 167 g/mol. The molecule has 0 aliphatic heterocycles. The van der Waals surface area contributed by atoms with Gasteiger partial charge in [-0.1, -0.05) is 0 Å². The van der Waals surface area contributed by atoms with Crippen molar-refractivity contribution < 1.29 is 4.79 Å². The highest BCUT2D eigenvalue weighted by Gasteiger charge is 2.13. The van der Waals surface area contributed by atoms with E-state index in [1.807, 2.05) is 19.9 Å². The molecule has 0 bridgehead atoms. The minimum absolute atomic E-state index is 0.360. The molecule has 1 heterocycles. The SMILES string of the molecule is Cc1cc(C)n([C@H](C)C(N)=O)n1. The maximum Gasteiger partial charge on any atom is 0.242 e. The monoisotopic (exact) mass is 167 g/mol. The van der Waals surface area contributed by atoms with Gasteiger partial charge in [-0.05, 0) is 26.8 Å². The molecular weight excluding hydrogens is 154 g/mol. The normalized spacial score (nSPS) is 12.9. The summed E-state index contributed by atoms with van der Waals surface area (Å²) in [5, 5.41) is 4.15. The van der Waals surface area contributed by atoms with Gasteiger partial charge in [0.25, 0.3) is 0 Å². The standard InChI is InChI=1S/C8H13N3O/c1-5-4-6(2)11(10-5)7(3)8(9)12/h4,7H,1-3H3,(H2,9,12)/t7-/m1/s1. The lowest BCUT2D eigenvalue weighted by Crippen LogP contribution is -2.25. The maximum absolute atomic E-state index is 10.8. The topological polar surface area (TPSA) is 60.9 Å². The molecule has 0 spiro atoms. The number of rotatable bonds is 2. The number of hydrogen-bond donors (Lipinski definition) is 1. The van der Waals surface area contributed by atoms with Crippen LogP contribution in [0.1, 0.15) is 24.4 Å². The number of hydrogen-bond acceptors (Lipinski definition) is 2. The van der Waals surface area contributed by atoms with Crippen molar-refractivity contribution in [3.05, 3.63) is 17.5 Å². The molecule has 1 atom stereocenters. The van der Waals surface area contributed by atoms with Gasteiger partial charge >= 0.3 is 0 Å². The third-order valence-corrected chi connectivity index (χ3v) is 1.82. The van der Waals surface area contributed by atoms with E-state index < -0.39 is 0 Å². The largest absolute Gasteiger partial charge is 0.368 e. The number of primary amides is 1. The lowest BCUT2D eigenvalue weighted by atomic mass is 10.3. The highest BCUT2D eigenvalue weighted by Crippen LogP contribution is 2.09. The van der Waals surface area contributed by atoms with Crippen LogP contribution in [0.15, 0.2) is 6.07 Å². The van der Waals surface area contributed by atoms with Crippen molar-refractivity contribution in [3.63, 3.8) is 0 Å². The van der Waals surface area contributed by atoms with Crippen LogP contribution in [0.5, 0.6) is 0 Å². The Labute approximate surface area is 71.4 Å². The van der Waals surface area contributed by atoms with E-state index in [4.69, 9.17) is 5.73 Å². The van der Waals surface area contributed by atoms with Crippen LogP contribution < -0.4 is 5.73 Å². The first-order chi connectivity index (χ1) is 5.52. The Balaban J connectivity index is 3.02. The molecule has 0 fully saturated rings. The van der Waals surface area contributed by atoms with Crippen LogP contribution in [0.4, 0.5) is 0 Å². The van der Waals surface area contributed by atoms with Gasteiger partial charge in [0, 0.05) is 5.69 Å². The van der Waals surface area contributed by atoms with Crippen molar-refractivity contribution in [2.24, 2.45) is 5.73 Å². The summed E-state index contributed by atoms with van der Waals surface area (Å²) in [5.41, 5.74) is 7.01. The summed E-state index contributed by atoms with van der Waals surface area (Å²) in [6.45, 7) is 5.53. The number of carbonyl (C=O) groups is 1. The first-order valence-corrected chi connectivity index (χ1v) is 3.84. The summed E-state index contributed by atoms with van der Waals surface area (Å²) in [5.74, 6) is -0.360. The van der Waals surface area contributed by atoms with E-state index in [9.17, 15) is 4.79 Å². The lowest BCUT2D eigenvalue weighted by Gasteiger charge is -2.09. The molecular formula is C8H13N3O. The van der Waals surface area contributed by atoms with Crippen molar-refractivity contribution in [2.45, 2.75) is 26.8 Å². The summed E-state index contributed by atoms with van der Waals surface area (Å²) in [7, 11) is 0. The van der Waals surface area contributed by atoms with Crippen molar-refractivity contribution in [2.75, 3.05) is 0 Å². The van der Waals surface area contributed by atoms with E-state index in [2.05, 4.69) is 5.10 Å². The van der Waals surface area contributed by atoms with Gasteiger partial charge in [0.05, 0.1) is 5.69 Å². The molecule has 0 aromatic carbocycles. The molecule has 1 amide bonds.